The van der Waals surface area contributed by atoms with E-state index in [0.29, 0.717) is 11.5 Å². The highest BCUT2D eigenvalue weighted by Crippen LogP contribution is 2.42. The van der Waals surface area contributed by atoms with Gasteiger partial charge in [0, 0.05) is 20.2 Å². The van der Waals surface area contributed by atoms with Crippen LogP contribution in [0.5, 0.6) is 0 Å². The van der Waals surface area contributed by atoms with Crippen LogP contribution in [0.1, 0.15) is 60.4 Å². The van der Waals surface area contributed by atoms with Gasteiger partial charge in [0.25, 0.3) is 0 Å². The number of carbonyl (C=O) groups excluding carboxylic acids is 2. The van der Waals surface area contributed by atoms with Crippen LogP contribution in [0.15, 0.2) is 96.1 Å². The lowest BCUT2D eigenvalue weighted by molar-refractivity contribution is -0.133. The Labute approximate surface area is 275 Å². The maximum Gasteiger partial charge on any atom is 0.344 e. The van der Waals surface area contributed by atoms with Crippen molar-refractivity contribution in [2.24, 2.45) is 0 Å². The predicted molar refractivity (Wildman–Crippen MR) is 191 cm³/mol. The second-order valence-corrected chi connectivity index (χ2v) is 14.3. The summed E-state index contributed by atoms with van der Waals surface area (Å²) in [4.78, 5) is 28.0. The van der Waals surface area contributed by atoms with Gasteiger partial charge in [-0.3, -0.25) is 0 Å². The molecule has 8 rings (SSSR count). The maximum absolute atomic E-state index is 13.1. The number of hydrogen-bond donors (Lipinski definition) is 0. The van der Waals surface area contributed by atoms with E-state index in [4.69, 9.17) is 9.47 Å². The van der Waals surface area contributed by atoms with Gasteiger partial charge in [0.15, 0.2) is 0 Å². The van der Waals surface area contributed by atoms with Gasteiger partial charge in [-0.2, -0.15) is 0 Å². The molecule has 46 heavy (non-hydrogen) atoms. The Morgan fingerprint density at radius 1 is 0.543 bits per heavy atom. The number of esters is 2. The monoisotopic (exact) mass is 640 g/mol. The number of aryl methyl sites for hydroxylation is 2. The molecule has 6 aromatic rings. The van der Waals surface area contributed by atoms with Crippen LogP contribution in [0.4, 0.5) is 0 Å². The van der Waals surface area contributed by atoms with Crippen molar-refractivity contribution in [2.75, 3.05) is 0 Å². The van der Waals surface area contributed by atoms with Crippen molar-refractivity contribution in [3.63, 3.8) is 0 Å². The van der Waals surface area contributed by atoms with Crippen LogP contribution in [-0.2, 0) is 31.9 Å². The summed E-state index contributed by atoms with van der Waals surface area (Å²) in [6.07, 6.45) is 10.1. The molecule has 6 heteroatoms. The Hall–Kier alpha value is -4.52. The van der Waals surface area contributed by atoms with Crippen LogP contribution in [0, 0.1) is 0 Å². The molecule has 4 nitrogen and oxygen atoms in total. The molecule has 0 amide bonds. The van der Waals surface area contributed by atoms with Gasteiger partial charge in [-0.25, -0.2) is 9.59 Å². The smallest absolute Gasteiger partial charge is 0.344 e. The lowest BCUT2D eigenvalue weighted by Crippen LogP contribution is -2.05. The Morgan fingerprint density at radius 3 is 1.41 bits per heavy atom. The Morgan fingerprint density at radius 2 is 0.978 bits per heavy atom. The van der Waals surface area contributed by atoms with E-state index in [2.05, 4.69) is 86.6 Å². The second kappa shape index (κ2) is 11.7. The molecular formula is C40H32O4S2. The average molecular weight is 641 g/mol. The first-order valence-electron chi connectivity index (χ1n) is 16.0. The number of benzene rings is 4. The molecular weight excluding hydrogens is 609 g/mol. The zero-order valence-electron chi connectivity index (χ0n) is 25.8. The van der Waals surface area contributed by atoms with Crippen molar-refractivity contribution in [1.29, 1.82) is 0 Å². The fraction of sp³-hybridized carbons (Fsp3) is 0.200. The number of rotatable bonds is 8. The van der Waals surface area contributed by atoms with Crippen molar-refractivity contribution >= 4 is 87.8 Å². The minimum Gasteiger partial charge on any atom is -0.421 e. The van der Waals surface area contributed by atoms with E-state index in [-0.39, 0.29) is 11.1 Å². The van der Waals surface area contributed by atoms with E-state index in [1.807, 2.05) is 0 Å². The van der Waals surface area contributed by atoms with Gasteiger partial charge in [-0.05, 0) is 94.8 Å². The van der Waals surface area contributed by atoms with E-state index in [9.17, 15) is 9.59 Å². The highest BCUT2D eigenvalue weighted by Gasteiger charge is 2.33. The number of unbranched alkanes of at least 4 members (excludes halogenated alkanes) is 2. The highest BCUT2D eigenvalue weighted by atomic mass is 32.1. The molecule has 4 heterocycles. The molecule has 2 aliphatic heterocycles. The van der Waals surface area contributed by atoms with Gasteiger partial charge in [-0.15, -0.1) is 22.7 Å². The molecule has 2 aliphatic rings. The zero-order chi connectivity index (χ0) is 31.4. The third-order valence-corrected chi connectivity index (χ3v) is 11.2. The molecule has 0 unspecified atom stereocenters. The zero-order valence-corrected chi connectivity index (χ0v) is 27.4. The van der Waals surface area contributed by atoms with Gasteiger partial charge in [0.2, 0.25) is 0 Å². The van der Waals surface area contributed by atoms with Crippen LogP contribution < -0.4 is 0 Å². The molecule has 0 bridgehead atoms. The molecule has 0 fully saturated rings. The third-order valence-electron chi connectivity index (χ3n) is 8.98. The molecule has 0 aliphatic carbocycles. The fourth-order valence-electron chi connectivity index (χ4n) is 6.46. The molecule has 4 aromatic carbocycles. The van der Waals surface area contributed by atoms with Gasteiger partial charge < -0.3 is 9.47 Å². The number of hydrogen-bond acceptors (Lipinski definition) is 6. The summed E-state index contributed by atoms with van der Waals surface area (Å²) in [6, 6.07) is 26.1. The van der Waals surface area contributed by atoms with Crippen molar-refractivity contribution in [3.05, 3.63) is 117 Å². The van der Waals surface area contributed by atoms with Crippen molar-refractivity contribution < 1.29 is 19.1 Å². The average Bonchev–Trinajstić information content (AvgIpc) is 3.87. The highest BCUT2D eigenvalue weighted by molar-refractivity contribution is 7.20. The van der Waals surface area contributed by atoms with Gasteiger partial charge in [-0.1, -0.05) is 75.2 Å². The first-order valence-corrected chi connectivity index (χ1v) is 17.7. The number of cyclic esters (lactones) is 2. The molecule has 228 valence electrons. The molecule has 2 aromatic heterocycles. The van der Waals surface area contributed by atoms with E-state index < -0.39 is 11.9 Å². The van der Waals surface area contributed by atoms with Crippen LogP contribution in [-0.4, -0.2) is 11.9 Å². The summed E-state index contributed by atoms with van der Waals surface area (Å²) < 4.78 is 13.8. The topological polar surface area (TPSA) is 52.6 Å². The maximum atomic E-state index is 13.1. The first kappa shape index (κ1) is 28.9. The van der Waals surface area contributed by atoms with Gasteiger partial charge in [0.1, 0.15) is 11.5 Å². The summed E-state index contributed by atoms with van der Waals surface area (Å²) in [5.41, 5.74) is 3.12. The second-order valence-electron chi connectivity index (χ2n) is 12.1. The minimum atomic E-state index is -0.537. The normalized spacial score (nSPS) is 16.6. The summed E-state index contributed by atoms with van der Waals surface area (Å²) in [6.45, 7) is 4.42. The summed E-state index contributed by atoms with van der Waals surface area (Å²) in [5, 5.41) is 7.08. The molecule has 0 spiro atoms. The fourth-order valence-corrected chi connectivity index (χ4v) is 8.52. The number of ether oxygens (including phenoxy) is 2. The Balaban J connectivity index is 1.14. The third kappa shape index (κ3) is 5.06. The van der Waals surface area contributed by atoms with E-state index in [1.54, 1.807) is 34.8 Å². The molecule has 0 N–H and O–H groups in total. The van der Waals surface area contributed by atoms with E-state index in [0.717, 1.165) is 68.5 Å². The lowest BCUT2D eigenvalue weighted by atomic mass is 10.0. The quantitative estimate of drug-likeness (QED) is 0.123. The number of carbonyl (C=O) groups is 2. The van der Waals surface area contributed by atoms with E-state index in [1.165, 1.54) is 32.7 Å². The summed E-state index contributed by atoms with van der Waals surface area (Å²) in [7, 11) is 0. The molecule has 0 saturated carbocycles. The van der Waals surface area contributed by atoms with Crippen LogP contribution in [0.2, 0.25) is 0 Å². The van der Waals surface area contributed by atoms with Gasteiger partial charge in [0.05, 0.1) is 20.9 Å². The van der Waals surface area contributed by atoms with Crippen LogP contribution in [0.3, 0.4) is 0 Å². The molecule has 0 radical (unpaired) electrons. The van der Waals surface area contributed by atoms with Crippen LogP contribution in [0.25, 0.3) is 53.2 Å². The number of fused-ring (bicyclic) bond motifs is 6. The summed E-state index contributed by atoms with van der Waals surface area (Å²) >= 11 is 3.18. The Bertz CT molecular complexity index is 2160. The first-order chi connectivity index (χ1) is 22.5. The largest absolute Gasteiger partial charge is 0.421 e. The SMILES string of the molecule is CCCCc1ccc2ccc3sc(C4=C/C(=C5/C=C(c6cc7c(ccc8ccc(CCCC)cc87)s6)OC5=O)C(=O)O4)cc3c2c1. The Kier molecular flexibility index (Phi) is 7.35. The van der Waals surface area contributed by atoms with Crippen molar-refractivity contribution in [1.82, 2.24) is 0 Å². The van der Waals surface area contributed by atoms with Crippen molar-refractivity contribution in [2.45, 2.75) is 52.4 Å². The molecule has 0 saturated heterocycles. The van der Waals surface area contributed by atoms with Crippen LogP contribution >= 0.6 is 22.7 Å². The molecule has 0 atom stereocenters. The summed E-state index contributed by atoms with van der Waals surface area (Å²) in [5.74, 6) is -0.146. The number of thiophene rings is 2. The lowest BCUT2D eigenvalue weighted by Gasteiger charge is -2.04. The van der Waals surface area contributed by atoms with Crippen molar-refractivity contribution in [3.8, 4) is 0 Å². The standard InChI is InChI=1S/C40H32O4S2/c1-3-5-7-23-9-11-25-13-15-35-29(27(25)17-23)21-37(45-35)33-19-31(39(41)43-33)32-20-34(44-40(32)42)38-22-30-28-18-24(8-6-4-2)10-12-26(28)14-16-36(30)46-38/h9-22H,3-8H2,1-2H3/b32-31+. The van der Waals surface area contributed by atoms with E-state index >= 15 is 0 Å². The predicted octanol–water partition coefficient (Wildman–Crippen LogP) is 10.9. The van der Waals surface area contributed by atoms with Gasteiger partial charge >= 0.3 is 11.9 Å². The minimum absolute atomic E-state index is 0.228.